The zero-order chi connectivity index (χ0) is 33.3. The summed E-state index contributed by atoms with van der Waals surface area (Å²) in [6, 6.07) is 78.6. The molecule has 8 aromatic carbocycles. The lowest BCUT2D eigenvalue weighted by Gasteiger charge is -2.35. The van der Waals surface area contributed by atoms with Gasteiger partial charge in [0.15, 0.2) is 0 Å². The quantitative estimate of drug-likeness (QED) is 0.168. The van der Waals surface area contributed by atoms with Crippen LogP contribution in [0.5, 0.6) is 0 Å². The predicted molar refractivity (Wildman–Crippen MR) is 207 cm³/mol. The number of anilines is 3. The molecule has 8 aromatic rings. The fraction of sp³-hybridized carbons (Fsp3) is 0.0204. The van der Waals surface area contributed by atoms with E-state index in [1.807, 2.05) is 12.1 Å². The van der Waals surface area contributed by atoms with Gasteiger partial charge in [-0.3, -0.25) is 0 Å². The van der Waals surface area contributed by atoms with Gasteiger partial charge in [-0.15, -0.1) is 0 Å². The molecule has 1 heteroatoms. The third-order valence-electron chi connectivity index (χ3n) is 10.00. The van der Waals surface area contributed by atoms with Crippen molar-refractivity contribution in [3.8, 4) is 33.4 Å². The number of fused-ring (bicyclic) bond motifs is 3. The van der Waals surface area contributed by atoms with Gasteiger partial charge in [-0.1, -0.05) is 164 Å². The Morgan fingerprint density at radius 3 is 1.66 bits per heavy atom. The monoisotopic (exact) mass is 635 g/mol. The lowest BCUT2D eigenvalue weighted by atomic mass is 9.67. The molecule has 50 heavy (non-hydrogen) atoms. The maximum Gasteiger partial charge on any atom is 0.0714 e. The summed E-state index contributed by atoms with van der Waals surface area (Å²) in [7, 11) is 0. The number of nitrogens with zero attached hydrogens (tertiary/aromatic N) is 1. The molecule has 0 atom stereocenters. The highest BCUT2D eigenvalue weighted by Crippen LogP contribution is 2.57. The topological polar surface area (TPSA) is 3.24 Å². The van der Waals surface area contributed by atoms with Crippen molar-refractivity contribution in [2.24, 2.45) is 0 Å². The van der Waals surface area contributed by atoms with Crippen LogP contribution in [0.2, 0.25) is 0 Å². The summed E-state index contributed by atoms with van der Waals surface area (Å²) in [5.41, 5.74) is 14.9. The second kappa shape index (κ2) is 12.4. The van der Waals surface area contributed by atoms with Gasteiger partial charge in [-0.05, 0) is 98.6 Å². The number of rotatable bonds is 7. The molecule has 234 valence electrons. The van der Waals surface area contributed by atoms with E-state index in [0.717, 1.165) is 28.2 Å². The molecular formula is C49H33N. The van der Waals surface area contributed by atoms with E-state index in [2.05, 4.69) is 205 Å². The normalized spacial score (nSPS) is 12.4. The highest BCUT2D eigenvalue weighted by molar-refractivity contribution is 5.90. The third kappa shape index (κ3) is 4.90. The minimum absolute atomic E-state index is 0.482. The molecule has 9 rings (SSSR count). The van der Waals surface area contributed by atoms with E-state index in [1.165, 1.54) is 44.5 Å². The Bertz CT molecular complexity index is 2360. The SMILES string of the molecule is c1cccc(-c2cccc(N(c3ccc(-c4ccccc4)cc3)c3ccc4c(c3)C(c3ccccc3)(c3ccccc3)c3ccccc3-4)c2)c#1. The fourth-order valence-corrected chi connectivity index (χ4v) is 7.79. The molecule has 0 saturated carbocycles. The average molecular weight is 636 g/mol. The van der Waals surface area contributed by atoms with Gasteiger partial charge in [-0.2, -0.15) is 0 Å². The van der Waals surface area contributed by atoms with Gasteiger partial charge < -0.3 is 4.90 Å². The minimum Gasteiger partial charge on any atom is -0.310 e. The van der Waals surface area contributed by atoms with Gasteiger partial charge in [0, 0.05) is 22.6 Å². The Morgan fingerprint density at radius 1 is 0.380 bits per heavy atom. The number of hydrogen-bond donors (Lipinski definition) is 0. The van der Waals surface area contributed by atoms with Gasteiger partial charge in [0.05, 0.1) is 5.41 Å². The maximum absolute atomic E-state index is 3.30. The van der Waals surface area contributed by atoms with Crippen LogP contribution in [-0.4, -0.2) is 0 Å². The summed E-state index contributed by atoms with van der Waals surface area (Å²) in [5.74, 6) is 0. The van der Waals surface area contributed by atoms with Crippen molar-refractivity contribution >= 4 is 17.1 Å². The van der Waals surface area contributed by atoms with Crippen molar-refractivity contribution in [1.29, 1.82) is 0 Å². The Labute approximate surface area is 294 Å². The summed E-state index contributed by atoms with van der Waals surface area (Å²) >= 11 is 0. The van der Waals surface area contributed by atoms with Crippen molar-refractivity contribution in [1.82, 2.24) is 0 Å². The summed E-state index contributed by atoms with van der Waals surface area (Å²) in [5, 5.41) is 0. The smallest absolute Gasteiger partial charge is 0.0714 e. The Hall–Kier alpha value is -6.62. The van der Waals surface area contributed by atoms with Crippen LogP contribution in [0.25, 0.3) is 33.4 Å². The van der Waals surface area contributed by atoms with Crippen molar-refractivity contribution in [3.63, 3.8) is 0 Å². The van der Waals surface area contributed by atoms with Crippen LogP contribution in [0.4, 0.5) is 17.1 Å². The molecule has 0 aliphatic heterocycles. The highest BCUT2D eigenvalue weighted by Gasteiger charge is 2.46. The average Bonchev–Trinajstić information content (AvgIpc) is 3.50. The number of hydrogen-bond acceptors (Lipinski definition) is 1. The van der Waals surface area contributed by atoms with E-state index in [1.54, 1.807) is 0 Å². The van der Waals surface area contributed by atoms with E-state index in [4.69, 9.17) is 0 Å². The molecule has 0 saturated heterocycles. The van der Waals surface area contributed by atoms with Crippen LogP contribution >= 0.6 is 0 Å². The van der Waals surface area contributed by atoms with Gasteiger partial charge >= 0.3 is 0 Å². The molecule has 0 fully saturated rings. The van der Waals surface area contributed by atoms with Crippen LogP contribution in [0.3, 0.4) is 0 Å². The van der Waals surface area contributed by atoms with Crippen LogP contribution < -0.4 is 4.90 Å². The molecule has 0 amide bonds. The first-order valence-corrected chi connectivity index (χ1v) is 17.1. The van der Waals surface area contributed by atoms with E-state index >= 15 is 0 Å². The summed E-state index contributed by atoms with van der Waals surface area (Å²) in [4.78, 5) is 2.38. The Morgan fingerprint density at radius 2 is 0.960 bits per heavy atom. The van der Waals surface area contributed by atoms with Crippen molar-refractivity contribution < 1.29 is 0 Å². The molecule has 1 aliphatic carbocycles. The van der Waals surface area contributed by atoms with E-state index in [-0.39, 0.29) is 0 Å². The van der Waals surface area contributed by atoms with Crippen LogP contribution in [-0.2, 0) is 5.41 Å². The summed E-state index contributed by atoms with van der Waals surface area (Å²) in [6.45, 7) is 0. The van der Waals surface area contributed by atoms with Gasteiger partial charge in [0.25, 0.3) is 0 Å². The fourth-order valence-electron chi connectivity index (χ4n) is 7.79. The summed E-state index contributed by atoms with van der Waals surface area (Å²) < 4.78 is 0. The van der Waals surface area contributed by atoms with Crippen molar-refractivity contribution in [3.05, 3.63) is 235 Å². The van der Waals surface area contributed by atoms with Crippen molar-refractivity contribution in [2.75, 3.05) is 4.90 Å². The van der Waals surface area contributed by atoms with Gasteiger partial charge in [0.1, 0.15) is 0 Å². The Kier molecular flexibility index (Phi) is 7.34. The van der Waals surface area contributed by atoms with Crippen molar-refractivity contribution in [2.45, 2.75) is 5.41 Å². The minimum atomic E-state index is -0.482. The molecule has 0 heterocycles. The molecule has 0 N–H and O–H groups in total. The number of benzene rings is 7. The van der Waals surface area contributed by atoms with E-state index in [9.17, 15) is 0 Å². The molecule has 0 aromatic heterocycles. The van der Waals surface area contributed by atoms with Crippen LogP contribution in [0, 0.1) is 12.1 Å². The summed E-state index contributed by atoms with van der Waals surface area (Å²) in [6.07, 6.45) is 0. The first-order chi connectivity index (χ1) is 24.8. The van der Waals surface area contributed by atoms with E-state index in [0.29, 0.717) is 0 Å². The lowest BCUT2D eigenvalue weighted by molar-refractivity contribution is 0.768. The largest absolute Gasteiger partial charge is 0.310 e. The first-order valence-electron chi connectivity index (χ1n) is 17.1. The second-order valence-corrected chi connectivity index (χ2v) is 12.8. The third-order valence-corrected chi connectivity index (χ3v) is 10.00. The highest BCUT2D eigenvalue weighted by atomic mass is 15.1. The molecule has 0 spiro atoms. The molecule has 1 aliphatic rings. The molecule has 0 unspecified atom stereocenters. The van der Waals surface area contributed by atoms with Crippen LogP contribution in [0.15, 0.2) is 200 Å². The molecule has 0 radical (unpaired) electrons. The Balaban J connectivity index is 1.28. The first kappa shape index (κ1) is 29.5. The predicted octanol–water partition coefficient (Wildman–Crippen LogP) is 12.5. The van der Waals surface area contributed by atoms with Crippen LogP contribution in [0.1, 0.15) is 22.3 Å². The maximum atomic E-state index is 3.30. The van der Waals surface area contributed by atoms with Gasteiger partial charge in [-0.25, -0.2) is 0 Å². The molecular weight excluding hydrogens is 603 g/mol. The lowest BCUT2D eigenvalue weighted by Crippen LogP contribution is -2.28. The van der Waals surface area contributed by atoms with Gasteiger partial charge in [0.2, 0.25) is 0 Å². The molecule has 1 nitrogen and oxygen atoms in total. The van der Waals surface area contributed by atoms with E-state index < -0.39 is 5.41 Å². The molecule has 0 bridgehead atoms. The zero-order valence-electron chi connectivity index (χ0n) is 27.5. The zero-order valence-corrected chi connectivity index (χ0v) is 27.5. The second-order valence-electron chi connectivity index (χ2n) is 12.8. The standard InChI is InChI=1S/C49H33N/c1-5-16-36(17-6-1)38-28-30-42(31-29-38)50(43-25-15-20-39(34-43)37-18-7-2-8-19-37)44-32-33-46-45-26-13-14-27-47(45)49(48(46)35-44,40-21-9-3-10-22-40)41-23-11-4-12-24-41/h1-7,9-18,20-35H.